The zero-order valence-corrected chi connectivity index (χ0v) is 11.5. The summed E-state index contributed by atoms with van der Waals surface area (Å²) in [6.07, 6.45) is 2.72. The van der Waals surface area contributed by atoms with Crippen molar-refractivity contribution in [3.8, 4) is 0 Å². The van der Waals surface area contributed by atoms with Crippen molar-refractivity contribution in [2.45, 2.75) is 19.9 Å². The van der Waals surface area contributed by atoms with Gasteiger partial charge >= 0.3 is 0 Å². The first-order chi connectivity index (χ1) is 9.79. The highest BCUT2D eigenvalue weighted by atomic mass is 16.1. The summed E-state index contributed by atoms with van der Waals surface area (Å²) < 4.78 is 0. The third-order valence-electron chi connectivity index (χ3n) is 2.69. The van der Waals surface area contributed by atoms with E-state index >= 15 is 0 Å². The highest BCUT2D eigenvalue weighted by Crippen LogP contribution is 2.05. The molecule has 0 aromatic carbocycles. The zero-order valence-electron chi connectivity index (χ0n) is 11.5. The Kier molecular flexibility index (Phi) is 5.06. The van der Waals surface area contributed by atoms with Crippen molar-refractivity contribution >= 4 is 11.7 Å². The van der Waals surface area contributed by atoms with E-state index < -0.39 is 0 Å². The van der Waals surface area contributed by atoms with Crippen LogP contribution in [-0.4, -0.2) is 22.4 Å². The molecule has 0 saturated heterocycles. The fourth-order valence-corrected chi connectivity index (χ4v) is 1.68. The predicted molar refractivity (Wildman–Crippen MR) is 78.4 cm³/mol. The van der Waals surface area contributed by atoms with Crippen LogP contribution in [0.1, 0.15) is 29.5 Å². The lowest BCUT2D eigenvalue weighted by Gasteiger charge is -2.07. The molecule has 0 saturated carbocycles. The summed E-state index contributed by atoms with van der Waals surface area (Å²) >= 11 is 0. The van der Waals surface area contributed by atoms with Gasteiger partial charge in [0.05, 0.1) is 12.2 Å². The highest BCUT2D eigenvalue weighted by Gasteiger charge is 2.07. The molecular formula is C15H18N4O. The Morgan fingerprint density at radius 3 is 2.85 bits per heavy atom. The van der Waals surface area contributed by atoms with Gasteiger partial charge in [0.1, 0.15) is 11.5 Å². The van der Waals surface area contributed by atoms with Crippen LogP contribution in [0.15, 0.2) is 42.6 Å². The molecule has 2 aromatic heterocycles. The lowest BCUT2D eigenvalue weighted by molar-refractivity contribution is 0.0945. The number of carbonyl (C=O) groups is 1. The van der Waals surface area contributed by atoms with E-state index in [0.29, 0.717) is 12.2 Å². The summed E-state index contributed by atoms with van der Waals surface area (Å²) in [5.74, 6) is 0.521. The van der Waals surface area contributed by atoms with E-state index in [1.807, 2.05) is 30.3 Å². The van der Waals surface area contributed by atoms with Crippen LogP contribution in [0.5, 0.6) is 0 Å². The van der Waals surface area contributed by atoms with E-state index in [-0.39, 0.29) is 5.91 Å². The largest absolute Gasteiger partial charge is 0.370 e. The number of amides is 1. The average Bonchev–Trinajstić information content (AvgIpc) is 2.52. The van der Waals surface area contributed by atoms with Crippen LogP contribution in [0, 0.1) is 0 Å². The lowest BCUT2D eigenvalue weighted by atomic mass is 10.3. The van der Waals surface area contributed by atoms with E-state index in [0.717, 1.165) is 24.5 Å². The number of pyridine rings is 2. The number of hydrogen-bond acceptors (Lipinski definition) is 4. The van der Waals surface area contributed by atoms with Gasteiger partial charge in [0.15, 0.2) is 0 Å². The number of anilines is 1. The van der Waals surface area contributed by atoms with Gasteiger partial charge in [-0.25, -0.2) is 4.98 Å². The standard InChI is InChI=1S/C15H18N4O/c1-2-9-17-14-8-5-7-13(19-14)15(20)18-11-12-6-3-4-10-16-12/h3-8,10H,2,9,11H2,1H3,(H,17,19)(H,18,20). The monoisotopic (exact) mass is 270 g/mol. The minimum atomic E-state index is -0.198. The Bertz CT molecular complexity index is 557. The van der Waals surface area contributed by atoms with Gasteiger partial charge in [0.25, 0.3) is 5.91 Å². The third kappa shape index (κ3) is 4.05. The van der Waals surface area contributed by atoms with Gasteiger partial charge in [0, 0.05) is 12.7 Å². The molecule has 0 radical (unpaired) electrons. The third-order valence-corrected chi connectivity index (χ3v) is 2.69. The fraction of sp³-hybridized carbons (Fsp3) is 0.267. The fourth-order valence-electron chi connectivity index (χ4n) is 1.68. The van der Waals surface area contributed by atoms with Crippen LogP contribution < -0.4 is 10.6 Å². The van der Waals surface area contributed by atoms with Gasteiger partial charge < -0.3 is 10.6 Å². The maximum absolute atomic E-state index is 12.0. The molecule has 104 valence electrons. The molecule has 2 N–H and O–H groups in total. The normalized spacial score (nSPS) is 10.1. The smallest absolute Gasteiger partial charge is 0.270 e. The molecule has 0 aliphatic rings. The Labute approximate surface area is 118 Å². The highest BCUT2D eigenvalue weighted by molar-refractivity contribution is 5.92. The molecule has 0 atom stereocenters. The molecule has 5 heteroatoms. The van der Waals surface area contributed by atoms with Gasteiger partial charge in [-0.05, 0) is 30.7 Å². The second-order valence-corrected chi connectivity index (χ2v) is 4.34. The Morgan fingerprint density at radius 2 is 2.10 bits per heavy atom. The number of hydrogen-bond donors (Lipinski definition) is 2. The van der Waals surface area contributed by atoms with Gasteiger partial charge in [-0.1, -0.05) is 19.1 Å². The summed E-state index contributed by atoms with van der Waals surface area (Å²) in [7, 11) is 0. The van der Waals surface area contributed by atoms with Gasteiger partial charge in [0.2, 0.25) is 0 Å². The first kappa shape index (κ1) is 14.0. The minimum Gasteiger partial charge on any atom is -0.370 e. The zero-order chi connectivity index (χ0) is 14.2. The Balaban J connectivity index is 1.95. The summed E-state index contributed by atoms with van der Waals surface area (Å²) in [5, 5.41) is 5.97. The molecule has 0 fully saturated rings. The topological polar surface area (TPSA) is 66.9 Å². The van der Waals surface area contributed by atoms with Gasteiger partial charge in [-0.2, -0.15) is 0 Å². The molecular weight excluding hydrogens is 252 g/mol. The molecule has 0 aliphatic carbocycles. The van der Waals surface area contributed by atoms with Crippen LogP contribution in [-0.2, 0) is 6.54 Å². The molecule has 0 bridgehead atoms. The van der Waals surface area contributed by atoms with Crippen LogP contribution in [0.4, 0.5) is 5.82 Å². The van der Waals surface area contributed by atoms with E-state index in [4.69, 9.17) is 0 Å². The van der Waals surface area contributed by atoms with Crippen molar-refractivity contribution in [3.63, 3.8) is 0 Å². The van der Waals surface area contributed by atoms with Crippen LogP contribution in [0.25, 0.3) is 0 Å². The lowest BCUT2D eigenvalue weighted by Crippen LogP contribution is -2.24. The van der Waals surface area contributed by atoms with Crippen molar-refractivity contribution in [1.29, 1.82) is 0 Å². The van der Waals surface area contributed by atoms with Crippen molar-refractivity contribution in [2.24, 2.45) is 0 Å². The Hall–Kier alpha value is -2.43. The van der Waals surface area contributed by atoms with Gasteiger partial charge in [-0.3, -0.25) is 9.78 Å². The number of carbonyl (C=O) groups excluding carboxylic acids is 1. The van der Waals surface area contributed by atoms with Crippen LogP contribution in [0.2, 0.25) is 0 Å². The van der Waals surface area contributed by atoms with E-state index in [1.54, 1.807) is 12.3 Å². The first-order valence-corrected chi connectivity index (χ1v) is 6.68. The van der Waals surface area contributed by atoms with E-state index in [9.17, 15) is 4.79 Å². The number of rotatable bonds is 6. The number of aromatic nitrogens is 2. The molecule has 5 nitrogen and oxygen atoms in total. The molecule has 2 heterocycles. The second kappa shape index (κ2) is 7.23. The van der Waals surface area contributed by atoms with Crippen molar-refractivity contribution in [1.82, 2.24) is 15.3 Å². The van der Waals surface area contributed by atoms with E-state index in [1.165, 1.54) is 0 Å². The average molecular weight is 270 g/mol. The maximum atomic E-state index is 12.0. The van der Waals surface area contributed by atoms with E-state index in [2.05, 4.69) is 27.5 Å². The van der Waals surface area contributed by atoms with Gasteiger partial charge in [-0.15, -0.1) is 0 Å². The first-order valence-electron chi connectivity index (χ1n) is 6.68. The minimum absolute atomic E-state index is 0.198. The summed E-state index contributed by atoms with van der Waals surface area (Å²) in [5.41, 5.74) is 1.23. The summed E-state index contributed by atoms with van der Waals surface area (Å²) in [6.45, 7) is 3.32. The Morgan fingerprint density at radius 1 is 1.20 bits per heavy atom. The molecule has 2 rings (SSSR count). The molecule has 0 spiro atoms. The molecule has 20 heavy (non-hydrogen) atoms. The molecule has 2 aromatic rings. The second-order valence-electron chi connectivity index (χ2n) is 4.34. The van der Waals surface area contributed by atoms with Crippen LogP contribution >= 0.6 is 0 Å². The number of nitrogens with one attached hydrogen (secondary N) is 2. The van der Waals surface area contributed by atoms with Crippen molar-refractivity contribution < 1.29 is 4.79 Å². The van der Waals surface area contributed by atoms with Crippen LogP contribution in [0.3, 0.4) is 0 Å². The maximum Gasteiger partial charge on any atom is 0.270 e. The predicted octanol–water partition coefficient (Wildman–Crippen LogP) is 2.23. The SMILES string of the molecule is CCCNc1cccc(C(=O)NCc2ccccn2)n1. The summed E-state index contributed by atoms with van der Waals surface area (Å²) in [4.78, 5) is 20.4. The molecule has 0 unspecified atom stereocenters. The quantitative estimate of drug-likeness (QED) is 0.844. The molecule has 1 amide bonds. The summed E-state index contributed by atoms with van der Waals surface area (Å²) in [6, 6.07) is 11.0. The molecule has 0 aliphatic heterocycles. The van der Waals surface area contributed by atoms with Crippen molar-refractivity contribution in [3.05, 3.63) is 54.0 Å². The van der Waals surface area contributed by atoms with Crippen molar-refractivity contribution in [2.75, 3.05) is 11.9 Å². The number of nitrogens with zero attached hydrogens (tertiary/aromatic N) is 2.